The van der Waals surface area contributed by atoms with Crippen molar-refractivity contribution in [2.24, 2.45) is 0 Å². The number of aryl methyl sites for hydroxylation is 2. The maximum Gasteiger partial charge on any atom is 0.105 e. The van der Waals surface area contributed by atoms with Crippen molar-refractivity contribution >= 4 is 11.3 Å². The number of nitrogens with one attached hydrogen (secondary N) is 1. The summed E-state index contributed by atoms with van der Waals surface area (Å²) in [7, 11) is 0. The van der Waals surface area contributed by atoms with E-state index in [-0.39, 0.29) is 0 Å². The minimum absolute atomic E-state index is 0.973. The van der Waals surface area contributed by atoms with E-state index < -0.39 is 0 Å². The summed E-state index contributed by atoms with van der Waals surface area (Å²) in [6.07, 6.45) is 4.86. The topological polar surface area (TPSA) is 42.7 Å². The van der Waals surface area contributed by atoms with E-state index in [9.17, 15) is 0 Å². The van der Waals surface area contributed by atoms with Gasteiger partial charge in [-0.3, -0.25) is 0 Å². The third-order valence-corrected chi connectivity index (χ3v) is 3.50. The van der Waals surface area contributed by atoms with Crippen molar-refractivity contribution in [3.05, 3.63) is 34.3 Å². The van der Waals surface area contributed by atoms with Gasteiger partial charge in [-0.1, -0.05) is 0 Å². The Morgan fingerprint density at radius 2 is 2.24 bits per heavy atom. The van der Waals surface area contributed by atoms with Crippen molar-refractivity contribution < 1.29 is 0 Å². The molecule has 0 aliphatic carbocycles. The molecule has 92 valence electrons. The second-order valence-corrected chi connectivity index (χ2v) is 5.09. The van der Waals surface area contributed by atoms with Gasteiger partial charge >= 0.3 is 0 Å². The first-order chi connectivity index (χ1) is 8.25. The van der Waals surface area contributed by atoms with E-state index in [0.717, 1.165) is 36.9 Å². The quantitative estimate of drug-likeness (QED) is 0.795. The number of thiazole rings is 1. The summed E-state index contributed by atoms with van der Waals surface area (Å²) in [5.41, 5.74) is 1.19. The fraction of sp³-hybridized carbons (Fsp3) is 0.500. The van der Waals surface area contributed by atoms with Gasteiger partial charge in [0, 0.05) is 43.8 Å². The molecule has 0 saturated carbocycles. The van der Waals surface area contributed by atoms with Gasteiger partial charge in [-0.2, -0.15) is 0 Å². The van der Waals surface area contributed by atoms with Crippen LogP contribution in [0.25, 0.3) is 0 Å². The van der Waals surface area contributed by atoms with Crippen molar-refractivity contribution in [3.8, 4) is 0 Å². The van der Waals surface area contributed by atoms with Gasteiger partial charge in [0.15, 0.2) is 0 Å². The zero-order chi connectivity index (χ0) is 12.1. The first-order valence-electron chi connectivity index (χ1n) is 5.85. The van der Waals surface area contributed by atoms with E-state index in [1.165, 1.54) is 5.69 Å². The van der Waals surface area contributed by atoms with Gasteiger partial charge in [-0.25, -0.2) is 9.97 Å². The average Bonchev–Trinajstić information content (AvgIpc) is 2.88. The van der Waals surface area contributed by atoms with Crippen molar-refractivity contribution in [1.82, 2.24) is 19.9 Å². The normalized spacial score (nSPS) is 10.9. The number of rotatable bonds is 6. The summed E-state index contributed by atoms with van der Waals surface area (Å²) in [6, 6.07) is 0. The molecule has 2 heterocycles. The number of nitrogens with zero attached hydrogens (tertiary/aromatic N) is 3. The Balaban J connectivity index is 1.62. The molecule has 0 aliphatic heterocycles. The molecule has 0 fully saturated rings. The summed E-state index contributed by atoms with van der Waals surface area (Å²) < 4.78 is 2.15. The van der Waals surface area contributed by atoms with Gasteiger partial charge in [0.25, 0.3) is 0 Å². The fourth-order valence-electron chi connectivity index (χ4n) is 1.70. The van der Waals surface area contributed by atoms with E-state index in [1.807, 2.05) is 26.2 Å². The summed E-state index contributed by atoms with van der Waals surface area (Å²) in [5.74, 6) is 1.07. The van der Waals surface area contributed by atoms with Gasteiger partial charge in [0.1, 0.15) is 5.82 Å². The largest absolute Gasteiger partial charge is 0.334 e. The van der Waals surface area contributed by atoms with Gasteiger partial charge in [-0.15, -0.1) is 11.3 Å². The van der Waals surface area contributed by atoms with Gasteiger partial charge in [-0.05, 0) is 13.8 Å². The minimum Gasteiger partial charge on any atom is -0.334 e. The Bertz CT molecular complexity index is 461. The molecule has 5 heteroatoms. The third kappa shape index (κ3) is 3.64. The van der Waals surface area contributed by atoms with Gasteiger partial charge in [0.05, 0.1) is 10.7 Å². The summed E-state index contributed by atoms with van der Waals surface area (Å²) >= 11 is 1.72. The van der Waals surface area contributed by atoms with Crippen LogP contribution < -0.4 is 5.32 Å². The van der Waals surface area contributed by atoms with E-state index >= 15 is 0 Å². The maximum absolute atomic E-state index is 4.44. The molecule has 1 N–H and O–H groups in total. The standard InChI is InChI=1S/C12H18N4S/c1-10-14-6-8-16(10)7-5-13-4-3-12-9-17-11(2)15-12/h6,8-9,13H,3-5,7H2,1-2H3. The lowest BCUT2D eigenvalue weighted by molar-refractivity contribution is 0.587. The zero-order valence-corrected chi connectivity index (χ0v) is 11.1. The van der Waals surface area contributed by atoms with Crippen LogP contribution in [0.2, 0.25) is 0 Å². The Morgan fingerprint density at radius 1 is 1.35 bits per heavy atom. The van der Waals surface area contributed by atoms with Crippen LogP contribution in [-0.4, -0.2) is 27.6 Å². The molecular weight excluding hydrogens is 232 g/mol. The van der Waals surface area contributed by atoms with Crippen molar-refractivity contribution in [2.45, 2.75) is 26.8 Å². The molecule has 0 aliphatic rings. The third-order valence-electron chi connectivity index (χ3n) is 2.68. The van der Waals surface area contributed by atoms with Crippen molar-refractivity contribution in [3.63, 3.8) is 0 Å². The Hall–Kier alpha value is -1.20. The Morgan fingerprint density at radius 3 is 2.88 bits per heavy atom. The van der Waals surface area contributed by atoms with Crippen LogP contribution in [0.3, 0.4) is 0 Å². The minimum atomic E-state index is 0.973. The molecule has 0 saturated heterocycles. The number of aromatic nitrogens is 3. The van der Waals surface area contributed by atoms with Crippen LogP contribution in [0.4, 0.5) is 0 Å². The lowest BCUT2D eigenvalue weighted by atomic mass is 10.3. The molecule has 0 spiro atoms. The maximum atomic E-state index is 4.44. The lowest BCUT2D eigenvalue weighted by Crippen LogP contribution is -2.22. The van der Waals surface area contributed by atoms with Crippen LogP contribution in [0.5, 0.6) is 0 Å². The second-order valence-electron chi connectivity index (χ2n) is 4.03. The molecule has 17 heavy (non-hydrogen) atoms. The highest BCUT2D eigenvalue weighted by Crippen LogP contribution is 2.07. The van der Waals surface area contributed by atoms with Crippen LogP contribution in [0, 0.1) is 13.8 Å². The van der Waals surface area contributed by atoms with E-state index in [1.54, 1.807) is 11.3 Å². The Kier molecular flexibility index (Phi) is 4.28. The Labute approximate surface area is 106 Å². The van der Waals surface area contributed by atoms with Gasteiger partial charge < -0.3 is 9.88 Å². The molecule has 0 unspecified atom stereocenters. The molecular formula is C12H18N4S. The monoisotopic (exact) mass is 250 g/mol. The van der Waals surface area contributed by atoms with Crippen molar-refractivity contribution in [2.75, 3.05) is 13.1 Å². The second kappa shape index (κ2) is 5.93. The highest BCUT2D eigenvalue weighted by Gasteiger charge is 1.98. The number of imidazole rings is 1. The summed E-state index contributed by atoms with van der Waals surface area (Å²) in [6.45, 7) is 7.00. The molecule has 0 aromatic carbocycles. The molecule has 2 rings (SSSR count). The van der Waals surface area contributed by atoms with Crippen molar-refractivity contribution in [1.29, 1.82) is 0 Å². The number of hydrogen-bond donors (Lipinski definition) is 1. The first-order valence-corrected chi connectivity index (χ1v) is 6.73. The van der Waals surface area contributed by atoms with Crippen LogP contribution in [0.1, 0.15) is 16.5 Å². The van der Waals surface area contributed by atoms with Crippen LogP contribution in [-0.2, 0) is 13.0 Å². The predicted octanol–water partition coefficient (Wildman–Crippen LogP) is 1.79. The van der Waals surface area contributed by atoms with E-state index in [2.05, 4.69) is 25.2 Å². The van der Waals surface area contributed by atoms with Crippen LogP contribution in [0.15, 0.2) is 17.8 Å². The molecule has 2 aromatic heterocycles. The molecule has 0 bridgehead atoms. The first kappa shape index (κ1) is 12.3. The molecule has 0 radical (unpaired) electrons. The highest BCUT2D eigenvalue weighted by molar-refractivity contribution is 7.09. The zero-order valence-electron chi connectivity index (χ0n) is 10.3. The molecule has 0 atom stereocenters. The molecule has 2 aromatic rings. The summed E-state index contributed by atoms with van der Waals surface area (Å²) in [5, 5.41) is 6.71. The smallest absolute Gasteiger partial charge is 0.105 e. The molecule has 0 amide bonds. The average molecular weight is 250 g/mol. The number of hydrogen-bond acceptors (Lipinski definition) is 4. The SMILES string of the molecule is Cc1nc(CCNCCn2ccnc2C)cs1. The van der Waals surface area contributed by atoms with Crippen LogP contribution >= 0.6 is 11.3 Å². The molecule has 4 nitrogen and oxygen atoms in total. The highest BCUT2D eigenvalue weighted by atomic mass is 32.1. The fourth-order valence-corrected chi connectivity index (χ4v) is 2.35. The van der Waals surface area contributed by atoms with E-state index in [0.29, 0.717) is 0 Å². The van der Waals surface area contributed by atoms with Gasteiger partial charge in [0.2, 0.25) is 0 Å². The lowest BCUT2D eigenvalue weighted by Gasteiger charge is -2.06. The summed E-state index contributed by atoms with van der Waals surface area (Å²) in [4.78, 5) is 8.63. The van der Waals surface area contributed by atoms with E-state index in [4.69, 9.17) is 0 Å². The predicted molar refractivity (Wildman–Crippen MR) is 70.4 cm³/mol.